The van der Waals surface area contributed by atoms with Crippen molar-refractivity contribution in [2.24, 2.45) is 0 Å². The van der Waals surface area contributed by atoms with Crippen LogP contribution in [0.3, 0.4) is 0 Å². The van der Waals surface area contributed by atoms with Crippen molar-refractivity contribution in [2.75, 3.05) is 5.32 Å². The summed E-state index contributed by atoms with van der Waals surface area (Å²) in [5.74, 6) is -0.435. The number of anilines is 1. The number of hydrogen-bond acceptors (Lipinski definition) is 5. The Balaban J connectivity index is 1.75. The predicted molar refractivity (Wildman–Crippen MR) is 89.1 cm³/mol. The van der Waals surface area contributed by atoms with E-state index in [0.29, 0.717) is 11.3 Å². The zero-order chi connectivity index (χ0) is 19.6. The number of amides is 1. The van der Waals surface area contributed by atoms with E-state index >= 15 is 0 Å². The van der Waals surface area contributed by atoms with Crippen molar-refractivity contribution in [2.45, 2.75) is 32.5 Å². The van der Waals surface area contributed by atoms with E-state index in [1.807, 2.05) is 13.8 Å². The van der Waals surface area contributed by atoms with Crippen molar-refractivity contribution in [3.8, 4) is 0 Å². The third kappa shape index (κ3) is 4.15. The van der Waals surface area contributed by atoms with Gasteiger partial charge in [-0.15, -0.1) is 0 Å². The van der Waals surface area contributed by atoms with Gasteiger partial charge in [0.15, 0.2) is 5.69 Å². The molecule has 1 N–H and O–H groups in total. The maximum Gasteiger partial charge on any atom is 0.416 e. The fraction of sp³-hybridized carbons (Fsp3) is 0.294. The summed E-state index contributed by atoms with van der Waals surface area (Å²) in [7, 11) is 0. The highest BCUT2D eigenvalue weighted by molar-refractivity contribution is 6.03. The summed E-state index contributed by atoms with van der Waals surface area (Å²) >= 11 is 0. The minimum Gasteiger partial charge on any atom is -0.364 e. The molecule has 3 heterocycles. The molecule has 0 fully saturated rings. The minimum absolute atomic E-state index is 0.0235. The zero-order valence-electron chi connectivity index (χ0n) is 14.5. The molecular weight excluding hydrogens is 363 g/mol. The molecule has 27 heavy (non-hydrogen) atoms. The number of hydrogen-bond donors (Lipinski definition) is 1. The minimum atomic E-state index is -4.48. The molecule has 0 aromatic carbocycles. The number of rotatable bonds is 5. The lowest BCUT2D eigenvalue weighted by atomic mass is 10.0. The average molecular weight is 379 g/mol. The van der Waals surface area contributed by atoms with Crippen molar-refractivity contribution < 1.29 is 22.5 Å². The first-order valence-electron chi connectivity index (χ1n) is 8.04. The first-order chi connectivity index (χ1) is 12.8. The van der Waals surface area contributed by atoms with Gasteiger partial charge >= 0.3 is 6.18 Å². The van der Waals surface area contributed by atoms with Crippen LogP contribution < -0.4 is 5.32 Å². The van der Waals surface area contributed by atoms with E-state index in [0.717, 1.165) is 18.5 Å². The summed E-state index contributed by atoms with van der Waals surface area (Å²) in [6, 6.07) is 0.916. The van der Waals surface area contributed by atoms with Gasteiger partial charge in [0, 0.05) is 29.7 Å². The van der Waals surface area contributed by atoms with Crippen LogP contribution in [0.1, 0.15) is 46.9 Å². The quantitative estimate of drug-likeness (QED) is 0.730. The van der Waals surface area contributed by atoms with Gasteiger partial charge in [0.1, 0.15) is 6.26 Å². The van der Waals surface area contributed by atoms with Crippen molar-refractivity contribution >= 4 is 11.6 Å². The molecule has 0 aliphatic rings. The van der Waals surface area contributed by atoms with Crippen LogP contribution in [0.4, 0.5) is 18.9 Å². The van der Waals surface area contributed by atoms with Gasteiger partial charge in [-0.2, -0.15) is 18.3 Å². The number of aromatic nitrogens is 4. The van der Waals surface area contributed by atoms with Crippen LogP contribution in [0.25, 0.3) is 0 Å². The number of pyridine rings is 1. The summed E-state index contributed by atoms with van der Waals surface area (Å²) in [5.41, 5.74) is 0.344. The molecule has 10 heteroatoms. The largest absolute Gasteiger partial charge is 0.416 e. The molecule has 0 radical (unpaired) electrons. The Hall–Kier alpha value is -3.17. The SMILES string of the molecule is CC(C)c1conc1C(=O)Nc1cnn(Cc2cnccc2C(F)(F)F)c1. The summed E-state index contributed by atoms with van der Waals surface area (Å²) in [6.45, 7) is 3.65. The van der Waals surface area contributed by atoms with Crippen molar-refractivity contribution in [3.63, 3.8) is 0 Å². The average Bonchev–Trinajstić information content (AvgIpc) is 3.24. The Kier molecular flexibility index (Phi) is 4.98. The maximum absolute atomic E-state index is 13.1. The number of nitrogens with one attached hydrogen (secondary N) is 1. The van der Waals surface area contributed by atoms with Crippen LogP contribution >= 0.6 is 0 Å². The smallest absolute Gasteiger partial charge is 0.364 e. The molecule has 3 aromatic rings. The normalized spacial score (nSPS) is 11.8. The lowest BCUT2D eigenvalue weighted by molar-refractivity contribution is -0.138. The van der Waals surface area contributed by atoms with Crippen molar-refractivity contribution in [1.29, 1.82) is 0 Å². The molecule has 0 saturated carbocycles. The van der Waals surface area contributed by atoms with Crippen LogP contribution in [0.2, 0.25) is 0 Å². The van der Waals surface area contributed by atoms with Crippen LogP contribution in [0, 0.1) is 0 Å². The van der Waals surface area contributed by atoms with E-state index in [4.69, 9.17) is 4.52 Å². The molecule has 0 unspecified atom stereocenters. The standard InChI is InChI=1S/C17H16F3N5O2/c1-10(2)13-9-27-24-15(13)16(26)23-12-6-22-25(8-12)7-11-5-21-4-3-14(11)17(18,19)20/h3-6,8-10H,7H2,1-2H3,(H,23,26). The fourth-order valence-corrected chi connectivity index (χ4v) is 2.54. The third-order valence-electron chi connectivity index (χ3n) is 3.87. The Morgan fingerprint density at radius 1 is 1.33 bits per heavy atom. The first kappa shape index (κ1) is 18.6. The second kappa shape index (κ2) is 7.22. The van der Waals surface area contributed by atoms with Gasteiger partial charge in [0.05, 0.1) is 24.0 Å². The van der Waals surface area contributed by atoms with Crippen LogP contribution in [0.5, 0.6) is 0 Å². The summed E-state index contributed by atoms with van der Waals surface area (Å²) in [5, 5.41) is 10.3. The van der Waals surface area contributed by atoms with Gasteiger partial charge in [0.25, 0.3) is 5.91 Å². The topological polar surface area (TPSA) is 85.8 Å². The van der Waals surface area contributed by atoms with Crippen LogP contribution in [0.15, 0.2) is 41.6 Å². The van der Waals surface area contributed by atoms with Gasteiger partial charge in [-0.25, -0.2) is 0 Å². The lowest BCUT2D eigenvalue weighted by Crippen LogP contribution is -2.14. The molecule has 0 spiro atoms. The van der Waals surface area contributed by atoms with Gasteiger partial charge < -0.3 is 9.84 Å². The summed E-state index contributed by atoms with van der Waals surface area (Å²) in [6.07, 6.45) is 1.93. The molecule has 142 valence electrons. The van der Waals surface area contributed by atoms with E-state index in [1.165, 1.54) is 23.3 Å². The van der Waals surface area contributed by atoms with E-state index in [1.54, 1.807) is 0 Å². The van der Waals surface area contributed by atoms with Crippen LogP contribution in [-0.4, -0.2) is 25.8 Å². The molecule has 0 saturated heterocycles. The molecule has 0 aliphatic carbocycles. The third-order valence-corrected chi connectivity index (χ3v) is 3.87. The second-order valence-electron chi connectivity index (χ2n) is 6.18. The Morgan fingerprint density at radius 2 is 2.11 bits per heavy atom. The summed E-state index contributed by atoms with van der Waals surface area (Å²) in [4.78, 5) is 16.1. The van der Waals surface area contributed by atoms with Gasteiger partial charge in [-0.3, -0.25) is 14.5 Å². The molecule has 3 rings (SSSR count). The van der Waals surface area contributed by atoms with E-state index < -0.39 is 17.6 Å². The molecule has 7 nitrogen and oxygen atoms in total. The molecular formula is C17H16F3N5O2. The van der Waals surface area contributed by atoms with E-state index in [9.17, 15) is 18.0 Å². The molecule has 3 aromatic heterocycles. The Bertz CT molecular complexity index is 946. The highest BCUT2D eigenvalue weighted by Crippen LogP contribution is 2.31. The first-order valence-corrected chi connectivity index (χ1v) is 8.04. The van der Waals surface area contributed by atoms with E-state index in [-0.39, 0.29) is 23.7 Å². The number of nitrogens with zero attached hydrogens (tertiary/aromatic N) is 4. The number of alkyl halides is 3. The van der Waals surface area contributed by atoms with Gasteiger partial charge in [0.2, 0.25) is 0 Å². The summed E-state index contributed by atoms with van der Waals surface area (Å²) < 4.78 is 45.3. The number of carbonyl (C=O) groups excluding carboxylic acids is 1. The molecule has 1 amide bonds. The van der Waals surface area contributed by atoms with E-state index in [2.05, 4.69) is 20.6 Å². The maximum atomic E-state index is 13.1. The lowest BCUT2D eigenvalue weighted by Gasteiger charge is -2.11. The molecule has 0 bridgehead atoms. The highest BCUT2D eigenvalue weighted by atomic mass is 19.4. The molecule has 0 atom stereocenters. The highest BCUT2D eigenvalue weighted by Gasteiger charge is 2.33. The van der Waals surface area contributed by atoms with Crippen molar-refractivity contribution in [3.05, 3.63) is 59.5 Å². The predicted octanol–water partition coefficient (Wildman–Crippen LogP) is 3.71. The monoisotopic (exact) mass is 379 g/mol. The van der Waals surface area contributed by atoms with Crippen molar-refractivity contribution in [1.82, 2.24) is 19.9 Å². The Labute approximate surface area is 152 Å². The number of halogens is 3. The zero-order valence-corrected chi connectivity index (χ0v) is 14.5. The Morgan fingerprint density at radius 3 is 2.81 bits per heavy atom. The number of carbonyl (C=O) groups is 1. The van der Waals surface area contributed by atoms with Crippen LogP contribution in [-0.2, 0) is 12.7 Å². The fourth-order valence-electron chi connectivity index (χ4n) is 2.54. The van der Waals surface area contributed by atoms with Gasteiger partial charge in [-0.1, -0.05) is 19.0 Å². The second-order valence-corrected chi connectivity index (χ2v) is 6.18. The van der Waals surface area contributed by atoms with Gasteiger partial charge in [-0.05, 0) is 12.0 Å². The molecule has 0 aliphatic heterocycles.